The minimum Gasteiger partial charge on any atom is -0.389 e. The van der Waals surface area contributed by atoms with Gasteiger partial charge < -0.3 is 10.6 Å². The summed E-state index contributed by atoms with van der Waals surface area (Å²) >= 11 is 4.97. The highest BCUT2D eigenvalue weighted by atomic mass is 32.1. The fraction of sp³-hybridized carbons (Fsp3) is 0.500. The molecular weight excluding hydrogens is 268 g/mol. The van der Waals surface area contributed by atoms with Gasteiger partial charge in [0.05, 0.1) is 0 Å². The Kier molecular flexibility index (Phi) is 5.12. The molecule has 1 saturated carbocycles. The molecule has 1 aliphatic rings. The molecule has 3 nitrogen and oxygen atoms in total. The van der Waals surface area contributed by atoms with Gasteiger partial charge in [-0.2, -0.15) is 0 Å². The van der Waals surface area contributed by atoms with E-state index in [-0.39, 0.29) is 5.91 Å². The van der Waals surface area contributed by atoms with Crippen LogP contribution in [0.25, 0.3) is 0 Å². The number of nitrogens with zero attached hydrogens (tertiary/aromatic N) is 1. The van der Waals surface area contributed by atoms with Crippen LogP contribution in [-0.2, 0) is 4.79 Å². The van der Waals surface area contributed by atoms with Gasteiger partial charge in [-0.25, -0.2) is 0 Å². The van der Waals surface area contributed by atoms with Crippen LogP contribution in [-0.4, -0.2) is 17.9 Å². The van der Waals surface area contributed by atoms with E-state index in [2.05, 4.69) is 0 Å². The molecule has 0 spiro atoms. The summed E-state index contributed by atoms with van der Waals surface area (Å²) in [6.45, 7) is 0. The Labute approximate surface area is 126 Å². The van der Waals surface area contributed by atoms with E-state index in [9.17, 15) is 4.79 Å². The Hall–Kier alpha value is -1.42. The summed E-state index contributed by atoms with van der Waals surface area (Å²) in [4.78, 5) is 14.3. The fourth-order valence-corrected chi connectivity index (χ4v) is 2.93. The smallest absolute Gasteiger partial charge is 0.226 e. The lowest BCUT2D eigenvalue weighted by atomic mass is 10.0. The summed E-state index contributed by atoms with van der Waals surface area (Å²) in [5.74, 6) is 0.910. The van der Waals surface area contributed by atoms with Crippen molar-refractivity contribution >= 4 is 28.8 Å². The van der Waals surface area contributed by atoms with E-state index in [1.807, 2.05) is 31.3 Å². The Morgan fingerprint density at radius 1 is 1.40 bits per heavy atom. The Morgan fingerprint density at radius 2 is 2.10 bits per heavy atom. The molecule has 0 unspecified atom stereocenters. The van der Waals surface area contributed by atoms with Crippen LogP contribution in [0.15, 0.2) is 24.3 Å². The molecule has 1 aromatic rings. The van der Waals surface area contributed by atoms with Crippen molar-refractivity contribution in [2.75, 3.05) is 11.9 Å². The summed E-state index contributed by atoms with van der Waals surface area (Å²) in [5, 5.41) is 0. The van der Waals surface area contributed by atoms with Gasteiger partial charge in [0.25, 0.3) is 0 Å². The third kappa shape index (κ3) is 3.79. The molecule has 1 aromatic carbocycles. The minimum absolute atomic E-state index is 0.164. The zero-order chi connectivity index (χ0) is 14.5. The van der Waals surface area contributed by atoms with Crippen LogP contribution >= 0.6 is 12.2 Å². The van der Waals surface area contributed by atoms with Crippen LogP contribution < -0.4 is 10.6 Å². The Bertz CT molecular complexity index is 495. The van der Waals surface area contributed by atoms with E-state index in [1.54, 1.807) is 4.90 Å². The Balaban J connectivity index is 1.95. The third-order valence-electron chi connectivity index (χ3n) is 4.13. The number of rotatable bonds is 5. The predicted octanol–water partition coefficient (Wildman–Crippen LogP) is 3.25. The molecule has 0 heterocycles. The zero-order valence-corrected chi connectivity index (χ0v) is 12.8. The minimum atomic E-state index is 0.164. The standard InChI is InChI=1S/C16H22N2OS/c1-18(14-8-4-7-13(11-14)16(17)20)15(19)10-9-12-5-2-3-6-12/h4,7-8,11-12H,2-3,5-6,9-10H2,1H3,(H2,17,20). The van der Waals surface area contributed by atoms with Crippen molar-refractivity contribution in [3.63, 3.8) is 0 Å². The maximum absolute atomic E-state index is 12.2. The number of carbonyl (C=O) groups is 1. The topological polar surface area (TPSA) is 46.3 Å². The molecule has 2 rings (SSSR count). The highest BCUT2D eigenvalue weighted by Gasteiger charge is 2.18. The highest BCUT2D eigenvalue weighted by molar-refractivity contribution is 7.80. The van der Waals surface area contributed by atoms with E-state index >= 15 is 0 Å². The van der Waals surface area contributed by atoms with Crippen molar-refractivity contribution in [3.8, 4) is 0 Å². The monoisotopic (exact) mass is 290 g/mol. The first-order valence-corrected chi connectivity index (χ1v) is 7.65. The number of nitrogens with two attached hydrogens (primary N) is 1. The highest BCUT2D eigenvalue weighted by Crippen LogP contribution is 2.29. The number of hydrogen-bond donors (Lipinski definition) is 1. The van der Waals surface area contributed by atoms with Crippen molar-refractivity contribution in [3.05, 3.63) is 29.8 Å². The number of benzene rings is 1. The van der Waals surface area contributed by atoms with Crippen molar-refractivity contribution in [2.45, 2.75) is 38.5 Å². The van der Waals surface area contributed by atoms with Gasteiger partial charge in [-0.05, 0) is 24.5 Å². The molecule has 0 bridgehead atoms. The quantitative estimate of drug-likeness (QED) is 0.847. The second-order valence-corrected chi connectivity index (χ2v) is 6.00. The molecule has 2 N–H and O–H groups in total. The van der Waals surface area contributed by atoms with Crippen LogP contribution in [0.1, 0.15) is 44.1 Å². The molecule has 0 saturated heterocycles. The summed E-state index contributed by atoms with van der Waals surface area (Å²) in [7, 11) is 1.82. The predicted molar refractivity (Wildman–Crippen MR) is 86.9 cm³/mol. The number of hydrogen-bond acceptors (Lipinski definition) is 2. The zero-order valence-electron chi connectivity index (χ0n) is 12.0. The first-order valence-electron chi connectivity index (χ1n) is 7.24. The van der Waals surface area contributed by atoms with Crippen molar-refractivity contribution in [2.24, 2.45) is 11.7 Å². The molecule has 0 radical (unpaired) electrons. The maximum atomic E-state index is 12.2. The summed E-state index contributed by atoms with van der Waals surface area (Å²) in [6, 6.07) is 7.53. The fourth-order valence-electron chi connectivity index (χ4n) is 2.81. The summed E-state index contributed by atoms with van der Waals surface area (Å²) in [5.41, 5.74) is 7.28. The van der Waals surface area contributed by atoms with Crippen LogP contribution in [0, 0.1) is 5.92 Å². The molecule has 1 fully saturated rings. The second-order valence-electron chi connectivity index (χ2n) is 5.56. The van der Waals surface area contributed by atoms with Crippen LogP contribution in [0.3, 0.4) is 0 Å². The van der Waals surface area contributed by atoms with Crippen molar-refractivity contribution < 1.29 is 4.79 Å². The molecule has 0 aromatic heterocycles. The lowest BCUT2D eigenvalue weighted by molar-refractivity contribution is -0.118. The number of anilines is 1. The average molecular weight is 290 g/mol. The van der Waals surface area contributed by atoms with Crippen LogP contribution in [0.5, 0.6) is 0 Å². The Morgan fingerprint density at radius 3 is 2.75 bits per heavy atom. The van der Waals surface area contributed by atoms with Gasteiger partial charge >= 0.3 is 0 Å². The summed E-state index contributed by atoms with van der Waals surface area (Å²) in [6.07, 6.45) is 6.86. The van der Waals surface area contributed by atoms with E-state index < -0.39 is 0 Å². The molecule has 1 amide bonds. The molecular formula is C16H22N2OS. The number of carbonyl (C=O) groups excluding carboxylic acids is 1. The second kappa shape index (κ2) is 6.84. The molecule has 20 heavy (non-hydrogen) atoms. The largest absolute Gasteiger partial charge is 0.389 e. The molecule has 0 atom stereocenters. The summed E-state index contributed by atoms with van der Waals surface area (Å²) < 4.78 is 0. The first kappa shape index (κ1) is 15.0. The average Bonchev–Trinajstić information content (AvgIpc) is 2.97. The van der Waals surface area contributed by atoms with Gasteiger partial charge in [0.1, 0.15) is 4.99 Å². The van der Waals surface area contributed by atoms with E-state index in [4.69, 9.17) is 18.0 Å². The van der Waals surface area contributed by atoms with E-state index in [1.165, 1.54) is 25.7 Å². The van der Waals surface area contributed by atoms with Gasteiger partial charge in [0.15, 0.2) is 0 Å². The van der Waals surface area contributed by atoms with Crippen molar-refractivity contribution in [1.29, 1.82) is 0 Å². The van der Waals surface area contributed by atoms with Gasteiger partial charge in [-0.3, -0.25) is 4.79 Å². The maximum Gasteiger partial charge on any atom is 0.226 e. The van der Waals surface area contributed by atoms with E-state index in [0.717, 1.165) is 23.6 Å². The van der Waals surface area contributed by atoms with Gasteiger partial charge in [-0.1, -0.05) is 50.0 Å². The molecule has 0 aliphatic heterocycles. The van der Waals surface area contributed by atoms with Gasteiger partial charge in [0, 0.05) is 24.7 Å². The molecule has 108 valence electrons. The third-order valence-corrected chi connectivity index (χ3v) is 4.37. The normalized spacial score (nSPS) is 15.2. The van der Waals surface area contributed by atoms with Crippen LogP contribution in [0.2, 0.25) is 0 Å². The molecule has 1 aliphatic carbocycles. The lowest BCUT2D eigenvalue weighted by Crippen LogP contribution is -2.26. The first-order chi connectivity index (χ1) is 9.58. The number of thiocarbonyl (C=S) groups is 1. The molecule has 4 heteroatoms. The van der Waals surface area contributed by atoms with Crippen molar-refractivity contribution in [1.82, 2.24) is 0 Å². The lowest BCUT2D eigenvalue weighted by Gasteiger charge is -2.19. The van der Waals surface area contributed by atoms with E-state index in [0.29, 0.717) is 11.4 Å². The van der Waals surface area contributed by atoms with Crippen LogP contribution in [0.4, 0.5) is 5.69 Å². The van der Waals surface area contributed by atoms with Gasteiger partial charge in [0.2, 0.25) is 5.91 Å². The SMILES string of the molecule is CN(C(=O)CCC1CCCC1)c1cccc(C(N)=S)c1. The number of amides is 1. The van der Waals surface area contributed by atoms with Gasteiger partial charge in [-0.15, -0.1) is 0 Å².